The number of nitrogens with one attached hydrogen (secondary N) is 1. The number of hydrogen-bond acceptors (Lipinski definition) is 5. The molecule has 4 saturated carbocycles. The predicted molar refractivity (Wildman–Crippen MR) is 124 cm³/mol. The first-order chi connectivity index (χ1) is 14.4. The van der Waals surface area contributed by atoms with Crippen molar-refractivity contribution >= 4 is 28.9 Å². The minimum atomic E-state index is -0.714. The molecule has 4 bridgehead atoms. The Hall–Kier alpha value is -1.24. The summed E-state index contributed by atoms with van der Waals surface area (Å²) < 4.78 is 5.40. The Balaban J connectivity index is 1.58. The van der Waals surface area contributed by atoms with E-state index in [4.69, 9.17) is 4.74 Å². The molecule has 4 fully saturated rings. The Morgan fingerprint density at radius 2 is 1.61 bits per heavy atom. The highest BCUT2D eigenvalue weighted by Crippen LogP contribution is 2.61. The first-order valence-electron chi connectivity index (χ1n) is 11.9. The zero-order chi connectivity index (χ0) is 22.8. The van der Waals surface area contributed by atoms with Crippen molar-refractivity contribution in [2.75, 3.05) is 18.8 Å². The van der Waals surface area contributed by atoms with Gasteiger partial charge in [0.25, 0.3) is 0 Å². The van der Waals surface area contributed by atoms with Crippen LogP contribution in [0.1, 0.15) is 79.6 Å². The maximum Gasteiger partial charge on any atom is 0.328 e. The molecule has 7 heteroatoms. The van der Waals surface area contributed by atoms with E-state index in [9.17, 15) is 14.4 Å². The first kappa shape index (κ1) is 24.4. The van der Waals surface area contributed by atoms with Crippen LogP contribution in [0.5, 0.6) is 0 Å². The van der Waals surface area contributed by atoms with E-state index in [1.807, 2.05) is 20.8 Å². The number of urea groups is 1. The monoisotopic (exact) mass is 452 g/mol. The number of nitrogens with zero attached hydrogens (tertiary/aromatic N) is 1. The molecule has 4 aliphatic rings. The Morgan fingerprint density at radius 1 is 1.06 bits per heavy atom. The molecule has 0 aromatic carbocycles. The topological polar surface area (TPSA) is 75.7 Å². The molecule has 1 N–H and O–H groups in total. The SMILES string of the molecule is CC(=O)SCCN(CCC12CC3CC(CC(C3)C1)C2)C(=O)N[C@@H](C)C(=O)OC(C)(C)C. The van der Waals surface area contributed by atoms with Crippen LogP contribution in [0.4, 0.5) is 4.79 Å². The van der Waals surface area contributed by atoms with Crippen LogP contribution in [0.3, 0.4) is 0 Å². The number of carbonyl (C=O) groups excluding carboxylic acids is 3. The number of esters is 1. The van der Waals surface area contributed by atoms with Gasteiger partial charge in [-0.3, -0.25) is 4.79 Å². The maximum atomic E-state index is 13.0. The van der Waals surface area contributed by atoms with Gasteiger partial charge in [0.15, 0.2) is 5.12 Å². The second kappa shape index (κ2) is 9.72. The fourth-order valence-electron chi connectivity index (χ4n) is 6.31. The smallest absolute Gasteiger partial charge is 0.328 e. The highest BCUT2D eigenvalue weighted by molar-refractivity contribution is 8.13. The van der Waals surface area contributed by atoms with Crippen LogP contribution in [-0.2, 0) is 14.3 Å². The van der Waals surface area contributed by atoms with Gasteiger partial charge in [-0.2, -0.15) is 0 Å². The molecule has 2 amide bonds. The Kier molecular flexibility index (Phi) is 7.65. The summed E-state index contributed by atoms with van der Waals surface area (Å²) >= 11 is 1.24. The zero-order valence-corrected chi connectivity index (χ0v) is 20.7. The minimum Gasteiger partial charge on any atom is -0.458 e. The van der Waals surface area contributed by atoms with E-state index in [1.54, 1.807) is 18.7 Å². The van der Waals surface area contributed by atoms with Crippen LogP contribution in [0.15, 0.2) is 0 Å². The van der Waals surface area contributed by atoms with E-state index in [-0.39, 0.29) is 11.1 Å². The number of hydrogen-bond donors (Lipinski definition) is 1. The Morgan fingerprint density at radius 3 is 2.10 bits per heavy atom. The van der Waals surface area contributed by atoms with Gasteiger partial charge < -0.3 is 15.0 Å². The molecule has 0 aromatic heterocycles. The van der Waals surface area contributed by atoms with Gasteiger partial charge in [-0.05, 0) is 95.8 Å². The molecule has 4 rings (SSSR count). The van der Waals surface area contributed by atoms with E-state index in [2.05, 4.69) is 5.32 Å². The molecule has 0 spiro atoms. The van der Waals surface area contributed by atoms with Crippen LogP contribution in [0.25, 0.3) is 0 Å². The van der Waals surface area contributed by atoms with E-state index in [0.717, 1.165) is 24.2 Å². The van der Waals surface area contributed by atoms with Gasteiger partial charge in [0, 0.05) is 25.8 Å². The van der Waals surface area contributed by atoms with E-state index < -0.39 is 17.6 Å². The summed E-state index contributed by atoms with van der Waals surface area (Å²) in [5, 5.41) is 2.88. The summed E-state index contributed by atoms with van der Waals surface area (Å²) in [5.41, 5.74) is -0.204. The van der Waals surface area contributed by atoms with Crippen LogP contribution in [0.2, 0.25) is 0 Å². The maximum absolute atomic E-state index is 13.0. The third-order valence-electron chi connectivity index (χ3n) is 7.13. The number of carbonyl (C=O) groups is 3. The van der Waals surface area contributed by atoms with E-state index in [0.29, 0.717) is 24.3 Å². The third-order valence-corrected chi connectivity index (χ3v) is 7.92. The molecule has 4 aliphatic carbocycles. The molecule has 0 aromatic rings. The third kappa shape index (κ3) is 6.87. The molecule has 6 nitrogen and oxygen atoms in total. The molecule has 0 aliphatic heterocycles. The first-order valence-corrected chi connectivity index (χ1v) is 12.8. The van der Waals surface area contributed by atoms with Crippen molar-refractivity contribution in [2.24, 2.45) is 23.2 Å². The highest BCUT2D eigenvalue weighted by Gasteiger charge is 2.50. The lowest BCUT2D eigenvalue weighted by atomic mass is 9.49. The summed E-state index contributed by atoms with van der Waals surface area (Å²) in [6, 6.07) is -0.957. The van der Waals surface area contributed by atoms with Crippen molar-refractivity contribution < 1.29 is 19.1 Å². The molecular weight excluding hydrogens is 412 g/mol. The average molecular weight is 453 g/mol. The number of ether oxygens (including phenoxy) is 1. The lowest BCUT2D eigenvalue weighted by Crippen LogP contribution is -2.51. The molecular formula is C24H40N2O4S. The van der Waals surface area contributed by atoms with Gasteiger partial charge in [-0.1, -0.05) is 11.8 Å². The normalized spacial score (nSPS) is 30.0. The molecule has 0 heterocycles. The summed E-state index contributed by atoms with van der Waals surface area (Å²) in [7, 11) is 0. The van der Waals surface area contributed by atoms with Crippen molar-refractivity contribution in [2.45, 2.75) is 91.2 Å². The standard InChI is InChI=1S/C24H40N2O4S/c1-16(21(28)30-23(3,4)5)25-22(29)26(8-9-31-17(2)27)7-6-24-13-18-10-19(14-24)12-20(11-18)15-24/h16,18-20H,6-15H2,1-5H3,(H,25,29)/t16-,18?,19?,20?,24?/m0/s1. The summed E-state index contributed by atoms with van der Waals surface area (Å²) in [6.07, 6.45) is 9.18. The second-order valence-corrected chi connectivity index (χ2v) is 12.5. The van der Waals surface area contributed by atoms with Gasteiger partial charge in [0.1, 0.15) is 11.6 Å². The molecule has 0 saturated heterocycles. The fourth-order valence-corrected chi connectivity index (χ4v) is 6.91. The second-order valence-electron chi connectivity index (χ2n) is 11.2. The fraction of sp³-hybridized carbons (Fsp3) is 0.875. The van der Waals surface area contributed by atoms with Crippen molar-refractivity contribution in [3.63, 3.8) is 0 Å². The summed E-state index contributed by atoms with van der Waals surface area (Å²) in [6.45, 7) is 9.84. The van der Waals surface area contributed by atoms with Gasteiger partial charge in [-0.25, -0.2) is 9.59 Å². The lowest BCUT2D eigenvalue weighted by Gasteiger charge is -2.57. The lowest BCUT2D eigenvalue weighted by molar-refractivity contribution is -0.156. The van der Waals surface area contributed by atoms with Crippen LogP contribution >= 0.6 is 11.8 Å². The molecule has 1 atom stereocenters. The van der Waals surface area contributed by atoms with E-state index in [1.165, 1.54) is 50.3 Å². The average Bonchev–Trinajstić information content (AvgIpc) is 2.61. The largest absolute Gasteiger partial charge is 0.458 e. The molecule has 176 valence electrons. The molecule has 0 radical (unpaired) electrons. The highest BCUT2D eigenvalue weighted by atomic mass is 32.2. The Bertz CT molecular complexity index is 652. The van der Waals surface area contributed by atoms with Gasteiger partial charge in [0.05, 0.1) is 0 Å². The quantitative estimate of drug-likeness (QED) is 0.544. The summed E-state index contributed by atoms with van der Waals surface area (Å²) in [4.78, 5) is 38.5. The van der Waals surface area contributed by atoms with Gasteiger partial charge in [-0.15, -0.1) is 0 Å². The zero-order valence-electron chi connectivity index (χ0n) is 19.9. The number of amides is 2. The molecule has 31 heavy (non-hydrogen) atoms. The van der Waals surface area contributed by atoms with Gasteiger partial charge in [0.2, 0.25) is 0 Å². The van der Waals surface area contributed by atoms with Gasteiger partial charge >= 0.3 is 12.0 Å². The van der Waals surface area contributed by atoms with Crippen molar-refractivity contribution in [3.8, 4) is 0 Å². The molecule has 0 unspecified atom stereocenters. The van der Waals surface area contributed by atoms with Crippen molar-refractivity contribution in [3.05, 3.63) is 0 Å². The summed E-state index contributed by atoms with van der Waals surface area (Å²) in [5.74, 6) is 2.79. The van der Waals surface area contributed by atoms with Crippen LogP contribution < -0.4 is 5.32 Å². The van der Waals surface area contributed by atoms with Crippen LogP contribution in [0, 0.1) is 23.2 Å². The van der Waals surface area contributed by atoms with Crippen molar-refractivity contribution in [1.29, 1.82) is 0 Å². The van der Waals surface area contributed by atoms with E-state index >= 15 is 0 Å². The number of thioether (sulfide) groups is 1. The number of rotatable bonds is 8. The Labute approximate surface area is 191 Å². The van der Waals surface area contributed by atoms with Crippen LogP contribution in [-0.4, -0.2) is 52.5 Å². The van der Waals surface area contributed by atoms with Crippen molar-refractivity contribution in [1.82, 2.24) is 10.2 Å². The predicted octanol–water partition coefficient (Wildman–Crippen LogP) is 4.61. The minimum absolute atomic E-state index is 0.0589.